The highest BCUT2D eigenvalue weighted by Gasteiger charge is 2.27. The van der Waals surface area contributed by atoms with E-state index < -0.39 is 28.9 Å². The van der Waals surface area contributed by atoms with Crippen LogP contribution in [0.2, 0.25) is 0 Å². The topological polar surface area (TPSA) is 26.0 Å². The average molecular weight is 254 g/mol. The Balaban J connectivity index is 0.00000225. The van der Waals surface area contributed by atoms with Gasteiger partial charge in [-0.2, -0.15) is 0 Å². The Bertz CT molecular complexity index is 374. The molecule has 0 aliphatic rings. The minimum Gasteiger partial charge on any atom is -0.323 e. The largest absolute Gasteiger partial charge is 0.323 e. The Kier molecular flexibility index (Phi) is 4.83. The van der Waals surface area contributed by atoms with E-state index in [1.54, 1.807) is 20.8 Å². The first-order valence-electron chi connectivity index (χ1n) is 4.64. The molecule has 0 heterocycles. The standard InChI is InChI=1S/C11H14F3N.ClH/c1-11(2,3)10(15)6-4-5-7(12)9(14)8(6)13;/h4-5,10H,15H2,1-3H3;1H/t10-;/m1./s1. The molecule has 1 rings (SSSR count). The summed E-state index contributed by atoms with van der Waals surface area (Å²) in [6, 6.07) is 1.40. The van der Waals surface area contributed by atoms with Gasteiger partial charge in [-0.1, -0.05) is 26.8 Å². The molecule has 1 nitrogen and oxygen atoms in total. The van der Waals surface area contributed by atoms with E-state index in [1.807, 2.05) is 0 Å². The first kappa shape index (κ1) is 15.3. The van der Waals surface area contributed by atoms with Gasteiger partial charge < -0.3 is 5.73 Å². The maximum atomic E-state index is 13.3. The van der Waals surface area contributed by atoms with Gasteiger partial charge in [-0.3, -0.25) is 0 Å². The van der Waals surface area contributed by atoms with Gasteiger partial charge >= 0.3 is 0 Å². The Morgan fingerprint density at radius 2 is 1.56 bits per heavy atom. The Labute approximate surface area is 99.2 Å². The van der Waals surface area contributed by atoms with Crippen LogP contribution in [0.25, 0.3) is 0 Å². The van der Waals surface area contributed by atoms with Gasteiger partial charge in [-0.25, -0.2) is 13.2 Å². The zero-order valence-electron chi connectivity index (χ0n) is 9.35. The monoisotopic (exact) mass is 253 g/mol. The van der Waals surface area contributed by atoms with E-state index in [4.69, 9.17) is 5.73 Å². The van der Waals surface area contributed by atoms with Crippen molar-refractivity contribution in [2.45, 2.75) is 26.8 Å². The molecule has 0 aliphatic heterocycles. The van der Waals surface area contributed by atoms with Crippen molar-refractivity contribution < 1.29 is 13.2 Å². The van der Waals surface area contributed by atoms with Crippen molar-refractivity contribution in [3.05, 3.63) is 35.1 Å². The van der Waals surface area contributed by atoms with Crippen LogP contribution in [0.3, 0.4) is 0 Å². The van der Waals surface area contributed by atoms with Crippen molar-refractivity contribution in [2.24, 2.45) is 11.1 Å². The molecular formula is C11H15ClF3N. The van der Waals surface area contributed by atoms with Crippen molar-refractivity contribution in [1.29, 1.82) is 0 Å². The Hall–Kier alpha value is -0.740. The number of hydrogen-bond donors (Lipinski definition) is 1. The highest BCUT2D eigenvalue weighted by molar-refractivity contribution is 5.85. The summed E-state index contributed by atoms with van der Waals surface area (Å²) in [7, 11) is 0. The molecule has 0 amide bonds. The highest BCUT2D eigenvalue weighted by atomic mass is 35.5. The van der Waals surface area contributed by atoms with E-state index in [9.17, 15) is 13.2 Å². The quantitative estimate of drug-likeness (QED) is 0.761. The molecule has 1 atom stereocenters. The zero-order valence-corrected chi connectivity index (χ0v) is 10.2. The van der Waals surface area contributed by atoms with Crippen molar-refractivity contribution in [2.75, 3.05) is 0 Å². The van der Waals surface area contributed by atoms with Crippen LogP contribution in [0, 0.1) is 22.9 Å². The minimum absolute atomic E-state index is 0. The van der Waals surface area contributed by atoms with Gasteiger partial charge in [-0.05, 0) is 11.5 Å². The van der Waals surface area contributed by atoms with Gasteiger partial charge in [0.15, 0.2) is 17.5 Å². The Morgan fingerprint density at radius 3 is 2.00 bits per heavy atom. The molecular weight excluding hydrogens is 239 g/mol. The third-order valence-corrected chi connectivity index (χ3v) is 2.33. The number of halogens is 4. The van der Waals surface area contributed by atoms with Crippen LogP contribution in [0.15, 0.2) is 12.1 Å². The third-order valence-electron chi connectivity index (χ3n) is 2.33. The van der Waals surface area contributed by atoms with Crippen LogP contribution in [0.5, 0.6) is 0 Å². The van der Waals surface area contributed by atoms with Gasteiger partial charge in [0.1, 0.15) is 0 Å². The molecule has 0 unspecified atom stereocenters. The van der Waals surface area contributed by atoms with E-state index in [-0.39, 0.29) is 18.0 Å². The van der Waals surface area contributed by atoms with Crippen LogP contribution in [0.1, 0.15) is 32.4 Å². The molecule has 1 aromatic carbocycles. The second-order valence-corrected chi connectivity index (χ2v) is 4.61. The lowest BCUT2D eigenvalue weighted by molar-refractivity contribution is 0.313. The fourth-order valence-electron chi connectivity index (χ4n) is 1.25. The molecule has 92 valence electrons. The molecule has 2 N–H and O–H groups in total. The van der Waals surface area contributed by atoms with E-state index in [2.05, 4.69) is 0 Å². The summed E-state index contributed by atoms with van der Waals surface area (Å²) < 4.78 is 38.9. The van der Waals surface area contributed by atoms with E-state index >= 15 is 0 Å². The lowest BCUT2D eigenvalue weighted by Gasteiger charge is -2.27. The zero-order chi connectivity index (χ0) is 11.8. The number of hydrogen-bond acceptors (Lipinski definition) is 1. The maximum Gasteiger partial charge on any atom is 0.194 e. The highest BCUT2D eigenvalue weighted by Crippen LogP contribution is 2.32. The predicted octanol–water partition coefficient (Wildman–Crippen LogP) is 3.57. The summed E-state index contributed by atoms with van der Waals surface area (Å²) in [4.78, 5) is 0. The van der Waals surface area contributed by atoms with E-state index in [1.165, 1.54) is 6.07 Å². The van der Waals surface area contributed by atoms with Gasteiger partial charge in [0.05, 0.1) is 0 Å². The van der Waals surface area contributed by atoms with Crippen molar-refractivity contribution in [3.63, 3.8) is 0 Å². The predicted molar refractivity (Wildman–Crippen MR) is 59.9 cm³/mol. The normalized spacial score (nSPS) is 13.2. The van der Waals surface area contributed by atoms with Crippen molar-refractivity contribution >= 4 is 12.4 Å². The first-order valence-corrected chi connectivity index (χ1v) is 4.64. The van der Waals surface area contributed by atoms with E-state index in [0.29, 0.717) is 0 Å². The van der Waals surface area contributed by atoms with Crippen molar-refractivity contribution in [1.82, 2.24) is 0 Å². The molecule has 0 aliphatic carbocycles. The lowest BCUT2D eigenvalue weighted by atomic mass is 9.83. The molecule has 0 saturated heterocycles. The number of rotatable bonds is 1. The summed E-state index contributed by atoms with van der Waals surface area (Å²) >= 11 is 0. The summed E-state index contributed by atoms with van der Waals surface area (Å²) in [6.07, 6.45) is 0. The van der Waals surface area contributed by atoms with Crippen molar-refractivity contribution in [3.8, 4) is 0 Å². The number of nitrogens with two attached hydrogens (primary N) is 1. The molecule has 0 radical (unpaired) electrons. The molecule has 0 aromatic heterocycles. The Morgan fingerprint density at radius 1 is 1.06 bits per heavy atom. The molecule has 0 saturated carbocycles. The van der Waals surface area contributed by atoms with Gasteiger partial charge in [0, 0.05) is 11.6 Å². The molecule has 16 heavy (non-hydrogen) atoms. The van der Waals surface area contributed by atoms with Gasteiger partial charge in [0.2, 0.25) is 0 Å². The van der Waals surface area contributed by atoms with Crippen LogP contribution in [-0.2, 0) is 0 Å². The fraction of sp³-hybridized carbons (Fsp3) is 0.455. The summed E-state index contributed by atoms with van der Waals surface area (Å²) in [5.74, 6) is -3.86. The average Bonchev–Trinajstić information content (AvgIpc) is 2.12. The summed E-state index contributed by atoms with van der Waals surface area (Å²) in [6.45, 7) is 5.41. The van der Waals surface area contributed by atoms with Gasteiger partial charge in [-0.15, -0.1) is 12.4 Å². The fourth-order valence-corrected chi connectivity index (χ4v) is 1.25. The molecule has 0 bridgehead atoms. The minimum atomic E-state index is -1.47. The van der Waals surface area contributed by atoms with Gasteiger partial charge in [0.25, 0.3) is 0 Å². The van der Waals surface area contributed by atoms with Crippen LogP contribution in [-0.4, -0.2) is 0 Å². The van der Waals surface area contributed by atoms with Crippen LogP contribution in [0.4, 0.5) is 13.2 Å². The van der Waals surface area contributed by atoms with Crippen LogP contribution >= 0.6 is 12.4 Å². The number of benzene rings is 1. The van der Waals surface area contributed by atoms with E-state index in [0.717, 1.165) is 6.07 Å². The second kappa shape index (κ2) is 5.06. The second-order valence-electron chi connectivity index (χ2n) is 4.61. The summed E-state index contributed by atoms with van der Waals surface area (Å²) in [5.41, 5.74) is 5.35. The molecule has 0 spiro atoms. The summed E-state index contributed by atoms with van der Waals surface area (Å²) in [5, 5.41) is 0. The maximum absolute atomic E-state index is 13.3. The third kappa shape index (κ3) is 2.89. The van der Waals surface area contributed by atoms with Crippen LogP contribution < -0.4 is 5.73 Å². The molecule has 1 aromatic rings. The smallest absolute Gasteiger partial charge is 0.194 e. The first-order chi connectivity index (χ1) is 6.75. The molecule has 0 fully saturated rings. The SMILES string of the molecule is CC(C)(C)[C@H](N)c1ccc(F)c(F)c1F.Cl. The lowest BCUT2D eigenvalue weighted by Crippen LogP contribution is -2.27. The molecule has 5 heteroatoms.